The summed E-state index contributed by atoms with van der Waals surface area (Å²) >= 11 is 0. The number of carbonyl (C=O) groups is 2. The van der Waals surface area contributed by atoms with Crippen LogP contribution in [0.5, 0.6) is 0 Å². The first-order valence-electron chi connectivity index (χ1n) is 3.87. The van der Waals surface area contributed by atoms with E-state index in [0.29, 0.717) is 12.0 Å². The zero-order valence-corrected chi connectivity index (χ0v) is 6.94. The Morgan fingerprint density at radius 3 is 2.45 bits per heavy atom. The fourth-order valence-corrected chi connectivity index (χ4v) is 1.41. The fraction of sp³-hybridized carbons (Fsp3) is 0.556. The van der Waals surface area contributed by atoms with Gasteiger partial charge in [0.1, 0.15) is 0 Å². The summed E-state index contributed by atoms with van der Waals surface area (Å²) in [6, 6.07) is 0. The van der Waals surface area contributed by atoms with E-state index in [1.54, 1.807) is 6.92 Å². The molecule has 11 heavy (non-hydrogen) atoms. The second-order valence-corrected chi connectivity index (χ2v) is 2.94. The van der Waals surface area contributed by atoms with Gasteiger partial charge in [0.05, 0.1) is 0 Å². The second kappa shape index (κ2) is 2.99. The first-order valence-corrected chi connectivity index (χ1v) is 3.87. The summed E-state index contributed by atoms with van der Waals surface area (Å²) in [5.41, 5.74) is 1.42. The van der Waals surface area contributed by atoms with Gasteiger partial charge in [-0.3, -0.25) is 9.59 Å². The van der Waals surface area contributed by atoms with E-state index in [-0.39, 0.29) is 11.6 Å². The fourth-order valence-electron chi connectivity index (χ4n) is 1.41. The summed E-state index contributed by atoms with van der Waals surface area (Å²) in [6.07, 6.45) is 2.24. The third-order valence-corrected chi connectivity index (χ3v) is 2.13. The quantitative estimate of drug-likeness (QED) is 0.572. The normalized spacial score (nSPS) is 18.9. The molecule has 2 nitrogen and oxygen atoms in total. The van der Waals surface area contributed by atoms with Gasteiger partial charge in [-0.25, -0.2) is 0 Å². The number of allylic oxidation sites excluding steroid dienone is 2. The van der Waals surface area contributed by atoms with E-state index in [2.05, 4.69) is 0 Å². The van der Waals surface area contributed by atoms with Gasteiger partial charge in [-0.1, -0.05) is 0 Å². The average molecular weight is 152 g/mol. The molecule has 0 N–H and O–H groups in total. The van der Waals surface area contributed by atoms with E-state index in [1.807, 2.05) is 0 Å². The lowest BCUT2D eigenvalue weighted by molar-refractivity contribution is -0.118. The van der Waals surface area contributed by atoms with Crippen molar-refractivity contribution in [2.75, 3.05) is 0 Å². The van der Waals surface area contributed by atoms with E-state index in [0.717, 1.165) is 18.4 Å². The van der Waals surface area contributed by atoms with Gasteiger partial charge in [0.25, 0.3) is 0 Å². The number of Topliss-reactive ketones (excluding diaryl/α,β-unsaturated/α-hetero) is 2. The lowest BCUT2D eigenvalue weighted by Crippen LogP contribution is -2.13. The second-order valence-electron chi connectivity index (χ2n) is 2.94. The van der Waals surface area contributed by atoms with Crippen molar-refractivity contribution in [1.29, 1.82) is 0 Å². The summed E-state index contributed by atoms with van der Waals surface area (Å²) in [4.78, 5) is 22.0. The molecule has 0 atom stereocenters. The molecule has 0 radical (unpaired) electrons. The zero-order valence-electron chi connectivity index (χ0n) is 6.94. The monoisotopic (exact) mass is 152 g/mol. The first-order chi connectivity index (χ1) is 5.13. The van der Waals surface area contributed by atoms with E-state index in [4.69, 9.17) is 0 Å². The van der Waals surface area contributed by atoms with E-state index in [9.17, 15) is 9.59 Å². The SMILES string of the molecule is CC(=O)C1=C(C)C(=O)CCC1. The maximum Gasteiger partial charge on any atom is 0.158 e. The molecule has 1 aliphatic rings. The highest BCUT2D eigenvalue weighted by Crippen LogP contribution is 2.21. The Bertz CT molecular complexity index is 236. The Hall–Kier alpha value is -0.920. The smallest absolute Gasteiger partial charge is 0.158 e. The van der Waals surface area contributed by atoms with Gasteiger partial charge in [0.2, 0.25) is 0 Å². The van der Waals surface area contributed by atoms with Crippen LogP contribution in [0.15, 0.2) is 11.1 Å². The highest BCUT2D eigenvalue weighted by Gasteiger charge is 2.18. The molecule has 0 aromatic heterocycles. The average Bonchev–Trinajstić information content (AvgIpc) is 1.94. The van der Waals surface area contributed by atoms with Crippen LogP contribution >= 0.6 is 0 Å². The van der Waals surface area contributed by atoms with E-state index >= 15 is 0 Å². The molecule has 0 bridgehead atoms. The molecular weight excluding hydrogens is 140 g/mol. The molecule has 60 valence electrons. The van der Waals surface area contributed by atoms with Crippen molar-refractivity contribution in [3.05, 3.63) is 11.1 Å². The summed E-state index contributed by atoms with van der Waals surface area (Å²) in [7, 11) is 0. The Kier molecular flexibility index (Phi) is 2.22. The third-order valence-electron chi connectivity index (χ3n) is 2.13. The Morgan fingerprint density at radius 2 is 2.00 bits per heavy atom. The maximum absolute atomic E-state index is 11.1. The molecule has 0 aliphatic heterocycles. The van der Waals surface area contributed by atoms with E-state index < -0.39 is 0 Å². The van der Waals surface area contributed by atoms with Crippen molar-refractivity contribution >= 4 is 11.6 Å². The minimum Gasteiger partial charge on any atom is -0.295 e. The predicted octanol–water partition coefficient (Wildman–Crippen LogP) is 1.64. The molecule has 0 saturated heterocycles. The minimum absolute atomic E-state index is 0.0514. The van der Waals surface area contributed by atoms with Crippen LogP contribution in [0.25, 0.3) is 0 Å². The molecule has 0 fully saturated rings. The highest BCUT2D eigenvalue weighted by molar-refractivity contribution is 6.06. The number of rotatable bonds is 1. The van der Waals surface area contributed by atoms with Crippen molar-refractivity contribution < 1.29 is 9.59 Å². The molecule has 0 aromatic rings. The van der Waals surface area contributed by atoms with Crippen LogP contribution in [-0.4, -0.2) is 11.6 Å². The number of hydrogen-bond donors (Lipinski definition) is 0. The zero-order chi connectivity index (χ0) is 8.43. The molecule has 0 heterocycles. The van der Waals surface area contributed by atoms with Crippen LogP contribution in [0.2, 0.25) is 0 Å². The van der Waals surface area contributed by atoms with E-state index in [1.165, 1.54) is 6.92 Å². The number of ketones is 2. The number of carbonyl (C=O) groups excluding carboxylic acids is 2. The van der Waals surface area contributed by atoms with Gasteiger partial charge in [0, 0.05) is 12.0 Å². The van der Waals surface area contributed by atoms with Crippen molar-refractivity contribution in [3.63, 3.8) is 0 Å². The van der Waals surface area contributed by atoms with Crippen LogP contribution in [0.1, 0.15) is 33.1 Å². The van der Waals surface area contributed by atoms with Crippen LogP contribution in [0.3, 0.4) is 0 Å². The molecule has 2 heteroatoms. The van der Waals surface area contributed by atoms with Crippen LogP contribution in [0, 0.1) is 0 Å². The molecule has 0 aromatic carbocycles. The van der Waals surface area contributed by atoms with Crippen LogP contribution in [-0.2, 0) is 9.59 Å². The van der Waals surface area contributed by atoms with Crippen molar-refractivity contribution in [2.24, 2.45) is 0 Å². The minimum atomic E-state index is 0.0514. The Morgan fingerprint density at radius 1 is 1.36 bits per heavy atom. The third kappa shape index (κ3) is 1.56. The molecular formula is C9H12O2. The molecule has 1 rings (SSSR count). The molecule has 0 amide bonds. The highest BCUT2D eigenvalue weighted by atomic mass is 16.1. The lowest BCUT2D eigenvalue weighted by atomic mass is 9.90. The summed E-state index contributed by atoms with van der Waals surface area (Å²) in [6.45, 7) is 3.27. The Balaban J connectivity index is 2.98. The molecule has 0 unspecified atom stereocenters. The maximum atomic E-state index is 11.1. The topological polar surface area (TPSA) is 34.1 Å². The lowest BCUT2D eigenvalue weighted by Gasteiger charge is -2.13. The number of hydrogen-bond acceptors (Lipinski definition) is 2. The van der Waals surface area contributed by atoms with Crippen LogP contribution < -0.4 is 0 Å². The van der Waals surface area contributed by atoms with Crippen molar-refractivity contribution in [3.8, 4) is 0 Å². The van der Waals surface area contributed by atoms with Gasteiger partial charge >= 0.3 is 0 Å². The predicted molar refractivity (Wildman–Crippen MR) is 42.2 cm³/mol. The molecule has 1 aliphatic carbocycles. The van der Waals surface area contributed by atoms with Gasteiger partial charge in [-0.15, -0.1) is 0 Å². The van der Waals surface area contributed by atoms with Gasteiger partial charge in [0.15, 0.2) is 11.6 Å². The summed E-state index contributed by atoms with van der Waals surface area (Å²) < 4.78 is 0. The van der Waals surface area contributed by atoms with Gasteiger partial charge in [-0.2, -0.15) is 0 Å². The molecule has 0 saturated carbocycles. The largest absolute Gasteiger partial charge is 0.295 e. The van der Waals surface area contributed by atoms with Gasteiger partial charge in [-0.05, 0) is 32.3 Å². The Labute approximate surface area is 66.3 Å². The summed E-state index contributed by atoms with van der Waals surface area (Å²) in [5.74, 6) is 0.192. The van der Waals surface area contributed by atoms with Crippen LogP contribution in [0.4, 0.5) is 0 Å². The van der Waals surface area contributed by atoms with Crippen molar-refractivity contribution in [1.82, 2.24) is 0 Å². The van der Waals surface area contributed by atoms with Gasteiger partial charge < -0.3 is 0 Å². The summed E-state index contributed by atoms with van der Waals surface area (Å²) in [5, 5.41) is 0. The molecule has 0 spiro atoms. The first kappa shape index (κ1) is 8.18. The van der Waals surface area contributed by atoms with Crippen molar-refractivity contribution in [2.45, 2.75) is 33.1 Å². The standard InChI is InChI=1S/C9H12O2/c1-6-8(7(2)10)4-3-5-9(6)11/h3-5H2,1-2H3.